The van der Waals surface area contributed by atoms with Crippen LogP contribution in [0.5, 0.6) is 0 Å². The Morgan fingerprint density at radius 2 is 1.94 bits per heavy atom. The molecule has 0 heterocycles. The second-order valence-electron chi connectivity index (χ2n) is 3.27. The van der Waals surface area contributed by atoms with Crippen molar-refractivity contribution in [1.82, 2.24) is 0 Å². The van der Waals surface area contributed by atoms with Crippen molar-refractivity contribution in [3.63, 3.8) is 0 Å². The third-order valence-electron chi connectivity index (χ3n) is 2.20. The summed E-state index contributed by atoms with van der Waals surface area (Å²) in [6, 6.07) is 5.56. The van der Waals surface area contributed by atoms with Gasteiger partial charge in [-0.2, -0.15) is 0 Å². The van der Waals surface area contributed by atoms with E-state index >= 15 is 0 Å². The number of ether oxygens (including phenoxy) is 3. The summed E-state index contributed by atoms with van der Waals surface area (Å²) in [5, 5.41) is 10.7. The molecule has 0 unspecified atom stereocenters. The second kappa shape index (κ2) is 6.67. The van der Waals surface area contributed by atoms with Crippen LogP contribution in [0.4, 0.5) is 5.69 Å². The van der Waals surface area contributed by atoms with Gasteiger partial charge in [-0.05, 0) is 6.07 Å². The molecule has 0 radical (unpaired) electrons. The number of para-hydroxylation sites is 1. The number of carbonyl (C=O) groups is 1. The standard InChI is InChI=1S/C11H13NO6/c1-16-10(17-2)7-18-11(13)8-5-3-4-6-9(8)12(14)15/h3-6,10H,7H2,1-2H3. The number of carbonyl (C=O) groups excluding carboxylic acids is 1. The summed E-state index contributed by atoms with van der Waals surface area (Å²) in [5.41, 5.74) is -0.401. The summed E-state index contributed by atoms with van der Waals surface area (Å²) in [4.78, 5) is 21.8. The summed E-state index contributed by atoms with van der Waals surface area (Å²) < 4.78 is 14.5. The maximum atomic E-state index is 11.7. The lowest BCUT2D eigenvalue weighted by Gasteiger charge is -2.13. The molecule has 0 aromatic heterocycles. The molecule has 7 heteroatoms. The van der Waals surface area contributed by atoms with E-state index in [1.165, 1.54) is 38.5 Å². The molecule has 7 nitrogen and oxygen atoms in total. The van der Waals surface area contributed by atoms with Crippen LogP contribution < -0.4 is 0 Å². The van der Waals surface area contributed by atoms with E-state index in [1.54, 1.807) is 0 Å². The summed E-state index contributed by atoms with van der Waals surface area (Å²) in [6.45, 7) is -0.141. The van der Waals surface area contributed by atoms with Crippen molar-refractivity contribution in [2.24, 2.45) is 0 Å². The number of hydrogen-bond acceptors (Lipinski definition) is 6. The van der Waals surface area contributed by atoms with Crippen molar-refractivity contribution in [3.05, 3.63) is 39.9 Å². The van der Waals surface area contributed by atoms with Crippen molar-refractivity contribution in [1.29, 1.82) is 0 Å². The predicted molar refractivity (Wildman–Crippen MR) is 61.2 cm³/mol. The zero-order valence-corrected chi connectivity index (χ0v) is 9.99. The van der Waals surface area contributed by atoms with E-state index in [1.807, 2.05) is 0 Å². The van der Waals surface area contributed by atoms with E-state index in [2.05, 4.69) is 0 Å². The monoisotopic (exact) mass is 255 g/mol. The molecular weight excluding hydrogens is 242 g/mol. The average Bonchev–Trinajstić information content (AvgIpc) is 2.39. The van der Waals surface area contributed by atoms with Crippen LogP contribution in [-0.4, -0.2) is 38.0 Å². The smallest absolute Gasteiger partial charge is 0.345 e. The minimum absolute atomic E-state index is 0.103. The molecular formula is C11H13NO6. The van der Waals surface area contributed by atoms with Gasteiger partial charge in [0.05, 0.1) is 4.92 Å². The van der Waals surface area contributed by atoms with E-state index in [9.17, 15) is 14.9 Å². The summed E-state index contributed by atoms with van der Waals surface area (Å²) >= 11 is 0. The number of nitrogens with zero attached hydrogens (tertiary/aromatic N) is 1. The Kier molecular flexibility index (Phi) is 5.22. The van der Waals surface area contributed by atoms with Gasteiger partial charge in [-0.1, -0.05) is 12.1 Å². The van der Waals surface area contributed by atoms with Crippen molar-refractivity contribution < 1.29 is 23.9 Å². The molecule has 18 heavy (non-hydrogen) atoms. The third-order valence-corrected chi connectivity index (χ3v) is 2.20. The Morgan fingerprint density at radius 1 is 1.33 bits per heavy atom. The highest BCUT2D eigenvalue weighted by atomic mass is 16.7. The summed E-state index contributed by atoms with van der Waals surface area (Å²) in [5.74, 6) is -0.790. The highest BCUT2D eigenvalue weighted by molar-refractivity contribution is 5.93. The molecule has 0 atom stereocenters. The fraction of sp³-hybridized carbons (Fsp3) is 0.364. The Hall–Kier alpha value is -1.99. The van der Waals surface area contributed by atoms with Gasteiger partial charge >= 0.3 is 5.97 Å². The van der Waals surface area contributed by atoms with Gasteiger partial charge in [0.15, 0.2) is 6.29 Å². The summed E-state index contributed by atoms with van der Waals surface area (Å²) in [6.07, 6.45) is -0.697. The van der Waals surface area contributed by atoms with E-state index in [0.29, 0.717) is 0 Å². The molecule has 0 aliphatic rings. The van der Waals surface area contributed by atoms with Gasteiger partial charge < -0.3 is 14.2 Å². The minimum atomic E-state index is -0.790. The molecule has 98 valence electrons. The molecule has 0 aliphatic heterocycles. The molecule has 0 aliphatic carbocycles. The molecule has 0 N–H and O–H groups in total. The molecule has 0 fully saturated rings. The molecule has 0 saturated heterocycles. The van der Waals surface area contributed by atoms with Crippen LogP contribution in [0, 0.1) is 10.1 Å². The SMILES string of the molecule is COC(COC(=O)c1ccccc1[N+](=O)[O-])OC. The number of hydrogen-bond donors (Lipinski definition) is 0. The van der Waals surface area contributed by atoms with Gasteiger partial charge in [-0.3, -0.25) is 10.1 Å². The van der Waals surface area contributed by atoms with Crippen LogP contribution in [0.25, 0.3) is 0 Å². The van der Waals surface area contributed by atoms with Crippen molar-refractivity contribution >= 4 is 11.7 Å². The fourth-order valence-corrected chi connectivity index (χ4v) is 1.26. The number of nitro groups is 1. The topological polar surface area (TPSA) is 87.9 Å². The maximum Gasteiger partial charge on any atom is 0.345 e. The Labute approximate surface area is 103 Å². The molecule has 1 aromatic rings. The lowest BCUT2D eigenvalue weighted by molar-refractivity contribution is -0.385. The Bertz CT molecular complexity index is 429. The normalized spacial score (nSPS) is 10.4. The van der Waals surface area contributed by atoms with Crippen molar-refractivity contribution in [3.8, 4) is 0 Å². The van der Waals surface area contributed by atoms with Gasteiger partial charge in [0, 0.05) is 20.3 Å². The quantitative estimate of drug-likeness (QED) is 0.330. The summed E-state index contributed by atoms with van der Waals surface area (Å²) in [7, 11) is 2.79. The first kappa shape index (κ1) is 14.1. The predicted octanol–water partition coefficient (Wildman–Crippen LogP) is 1.37. The highest BCUT2D eigenvalue weighted by Crippen LogP contribution is 2.18. The first-order valence-electron chi connectivity index (χ1n) is 5.06. The lowest BCUT2D eigenvalue weighted by atomic mass is 10.2. The first-order valence-corrected chi connectivity index (χ1v) is 5.06. The number of benzene rings is 1. The molecule has 0 amide bonds. The maximum absolute atomic E-state index is 11.7. The Morgan fingerprint density at radius 3 is 2.50 bits per heavy atom. The largest absolute Gasteiger partial charge is 0.457 e. The molecule has 1 aromatic carbocycles. The lowest BCUT2D eigenvalue weighted by Crippen LogP contribution is -2.22. The van der Waals surface area contributed by atoms with Gasteiger partial charge in [-0.15, -0.1) is 0 Å². The first-order chi connectivity index (χ1) is 8.60. The zero-order valence-electron chi connectivity index (χ0n) is 9.99. The average molecular weight is 255 g/mol. The number of nitro benzene ring substituents is 1. The van der Waals surface area contributed by atoms with E-state index < -0.39 is 17.2 Å². The number of esters is 1. The van der Waals surface area contributed by atoms with Gasteiger partial charge in [0.2, 0.25) is 0 Å². The number of rotatable bonds is 6. The zero-order chi connectivity index (χ0) is 13.5. The van der Waals surface area contributed by atoms with E-state index in [4.69, 9.17) is 14.2 Å². The van der Waals surface area contributed by atoms with Gasteiger partial charge in [-0.25, -0.2) is 4.79 Å². The van der Waals surface area contributed by atoms with Crippen molar-refractivity contribution in [2.45, 2.75) is 6.29 Å². The highest BCUT2D eigenvalue weighted by Gasteiger charge is 2.21. The molecule has 0 spiro atoms. The number of methoxy groups -OCH3 is 2. The molecule has 0 saturated carbocycles. The van der Waals surface area contributed by atoms with Crippen molar-refractivity contribution in [2.75, 3.05) is 20.8 Å². The van der Waals surface area contributed by atoms with Crippen LogP contribution in [0.2, 0.25) is 0 Å². The second-order valence-corrected chi connectivity index (χ2v) is 3.27. The third kappa shape index (κ3) is 3.51. The van der Waals surface area contributed by atoms with Crippen LogP contribution >= 0.6 is 0 Å². The van der Waals surface area contributed by atoms with Crippen LogP contribution in [-0.2, 0) is 14.2 Å². The Balaban J connectivity index is 2.75. The van der Waals surface area contributed by atoms with Gasteiger partial charge in [0.25, 0.3) is 5.69 Å². The van der Waals surface area contributed by atoms with Crippen LogP contribution in [0.15, 0.2) is 24.3 Å². The van der Waals surface area contributed by atoms with E-state index in [-0.39, 0.29) is 17.9 Å². The van der Waals surface area contributed by atoms with E-state index in [0.717, 1.165) is 0 Å². The fourth-order valence-electron chi connectivity index (χ4n) is 1.26. The minimum Gasteiger partial charge on any atom is -0.457 e. The van der Waals surface area contributed by atoms with Crippen LogP contribution in [0.3, 0.4) is 0 Å². The molecule has 1 rings (SSSR count). The van der Waals surface area contributed by atoms with Gasteiger partial charge in [0.1, 0.15) is 12.2 Å². The van der Waals surface area contributed by atoms with Crippen LogP contribution in [0.1, 0.15) is 10.4 Å². The molecule has 0 bridgehead atoms.